The molecule has 104 valence electrons. The van der Waals surface area contributed by atoms with Crippen LogP contribution >= 0.6 is 0 Å². The lowest BCUT2D eigenvalue weighted by Gasteiger charge is -2.36. The third-order valence-corrected chi connectivity index (χ3v) is 2.93. The molecule has 0 unspecified atom stereocenters. The second-order valence-electron chi connectivity index (χ2n) is 6.17. The van der Waals surface area contributed by atoms with Crippen molar-refractivity contribution in [3.63, 3.8) is 0 Å². The largest absolute Gasteiger partial charge is 0.444 e. The summed E-state index contributed by atoms with van der Waals surface area (Å²) in [6, 6.07) is -0.271. The molecule has 0 bridgehead atoms. The van der Waals surface area contributed by atoms with Crippen LogP contribution in [0.15, 0.2) is 0 Å². The van der Waals surface area contributed by atoms with Crippen LogP contribution in [0, 0.1) is 5.92 Å². The molecule has 5 heteroatoms. The van der Waals surface area contributed by atoms with Crippen LogP contribution < -0.4 is 0 Å². The highest BCUT2D eigenvalue weighted by Gasteiger charge is 2.47. The van der Waals surface area contributed by atoms with Gasteiger partial charge in [0.25, 0.3) is 0 Å². The van der Waals surface area contributed by atoms with Crippen molar-refractivity contribution >= 4 is 12.4 Å². The fourth-order valence-corrected chi connectivity index (χ4v) is 1.98. The van der Waals surface area contributed by atoms with Gasteiger partial charge < -0.3 is 14.3 Å². The van der Waals surface area contributed by atoms with E-state index in [1.165, 1.54) is 4.90 Å². The number of hydrogen-bond donors (Lipinski definition) is 0. The van der Waals surface area contributed by atoms with Crippen molar-refractivity contribution in [1.82, 2.24) is 4.90 Å². The zero-order chi connectivity index (χ0) is 14.1. The van der Waals surface area contributed by atoms with Crippen LogP contribution in [0.2, 0.25) is 0 Å². The van der Waals surface area contributed by atoms with E-state index in [2.05, 4.69) is 0 Å². The monoisotopic (exact) mass is 257 g/mol. The van der Waals surface area contributed by atoms with Crippen LogP contribution in [-0.2, 0) is 14.3 Å². The molecule has 1 fully saturated rings. The van der Waals surface area contributed by atoms with Crippen molar-refractivity contribution in [3.8, 4) is 0 Å². The standard InChI is InChI=1S/C13H23NO4/c1-9(7-15)10-8-17-13(5,6)14(10)11(16)18-12(2,3)4/h7,9-10H,8H2,1-6H3/t9-,10-/m1/s1. The molecule has 1 aliphatic heterocycles. The smallest absolute Gasteiger partial charge is 0.412 e. The van der Waals surface area contributed by atoms with Crippen molar-refractivity contribution in [3.05, 3.63) is 0 Å². The van der Waals surface area contributed by atoms with Crippen LogP contribution in [0.25, 0.3) is 0 Å². The molecule has 0 aromatic heterocycles. The molecule has 1 aliphatic rings. The third kappa shape index (κ3) is 3.22. The molecule has 18 heavy (non-hydrogen) atoms. The Labute approximate surface area is 108 Å². The molecular weight excluding hydrogens is 234 g/mol. The minimum absolute atomic E-state index is 0.271. The van der Waals surface area contributed by atoms with Crippen molar-refractivity contribution in [1.29, 1.82) is 0 Å². The van der Waals surface area contributed by atoms with E-state index in [0.717, 1.165) is 6.29 Å². The number of aldehydes is 1. The predicted octanol–water partition coefficient (Wildman–Crippen LogP) is 2.19. The Kier molecular flexibility index (Phi) is 4.05. The Balaban J connectivity index is 2.92. The lowest BCUT2D eigenvalue weighted by Crippen LogP contribution is -2.51. The molecule has 0 N–H and O–H groups in total. The summed E-state index contributed by atoms with van der Waals surface area (Å²) in [6.45, 7) is 11.2. The predicted molar refractivity (Wildman–Crippen MR) is 67.1 cm³/mol. The van der Waals surface area contributed by atoms with Crippen molar-refractivity contribution in [2.24, 2.45) is 5.92 Å². The number of ether oxygens (including phenoxy) is 2. The van der Waals surface area contributed by atoms with E-state index in [1.54, 1.807) is 20.8 Å². The van der Waals surface area contributed by atoms with Gasteiger partial charge in [-0.3, -0.25) is 4.90 Å². The molecule has 1 rings (SSSR count). The van der Waals surface area contributed by atoms with Gasteiger partial charge in [0.05, 0.1) is 12.6 Å². The minimum Gasteiger partial charge on any atom is -0.444 e. The van der Waals surface area contributed by atoms with Crippen LogP contribution in [0.3, 0.4) is 0 Å². The fraction of sp³-hybridized carbons (Fsp3) is 0.846. The van der Waals surface area contributed by atoms with E-state index in [4.69, 9.17) is 9.47 Å². The second kappa shape index (κ2) is 4.88. The highest BCUT2D eigenvalue weighted by molar-refractivity contribution is 5.71. The van der Waals surface area contributed by atoms with E-state index in [0.29, 0.717) is 6.61 Å². The second-order valence-corrected chi connectivity index (χ2v) is 6.17. The van der Waals surface area contributed by atoms with Gasteiger partial charge in [-0.2, -0.15) is 0 Å². The lowest BCUT2D eigenvalue weighted by molar-refractivity contribution is -0.112. The molecule has 0 aromatic carbocycles. The Morgan fingerprint density at radius 1 is 1.50 bits per heavy atom. The van der Waals surface area contributed by atoms with Crippen molar-refractivity contribution < 1.29 is 19.1 Å². The van der Waals surface area contributed by atoms with Gasteiger partial charge in [-0.25, -0.2) is 4.79 Å². The van der Waals surface area contributed by atoms with Crippen LogP contribution in [0.5, 0.6) is 0 Å². The molecule has 0 spiro atoms. The quantitative estimate of drug-likeness (QED) is 0.712. The summed E-state index contributed by atoms with van der Waals surface area (Å²) in [6.07, 6.45) is 0.399. The summed E-state index contributed by atoms with van der Waals surface area (Å²) < 4.78 is 11.0. The summed E-state index contributed by atoms with van der Waals surface area (Å²) in [5, 5.41) is 0. The summed E-state index contributed by atoms with van der Waals surface area (Å²) in [5.41, 5.74) is -1.31. The first kappa shape index (κ1) is 15.0. The average Bonchev–Trinajstić information content (AvgIpc) is 2.50. The Morgan fingerprint density at radius 3 is 2.50 bits per heavy atom. The zero-order valence-electron chi connectivity index (χ0n) is 12.0. The van der Waals surface area contributed by atoms with Gasteiger partial charge in [-0.15, -0.1) is 0 Å². The van der Waals surface area contributed by atoms with Gasteiger partial charge in [0, 0.05) is 5.92 Å². The maximum absolute atomic E-state index is 12.2. The molecule has 1 amide bonds. The van der Waals surface area contributed by atoms with E-state index < -0.39 is 17.4 Å². The molecule has 1 saturated heterocycles. The lowest BCUT2D eigenvalue weighted by atomic mass is 10.0. The number of rotatable bonds is 2. The van der Waals surface area contributed by atoms with Gasteiger partial charge in [0.15, 0.2) is 0 Å². The number of hydrogen-bond acceptors (Lipinski definition) is 4. The Morgan fingerprint density at radius 2 is 2.06 bits per heavy atom. The first-order valence-corrected chi connectivity index (χ1v) is 6.20. The summed E-state index contributed by atoms with van der Waals surface area (Å²) in [7, 11) is 0. The van der Waals surface area contributed by atoms with Crippen LogP contribution in [0.4, 0.5) is 4.79 Å². The first-order chi connectivity index (χ1) is 8.08. The molecule has 0 saturated carbocycles. The van der Waals surface area contributed by atoms with Gasteiger partial charge in [0.2, 0.25) is 0 Å². The summed E-state index contributed by atoms with van der Waals surface area (Å²) in [5.74, 6) is -0.278. The number of amides is 1. The van der Waals surface area contributed by atoms with Gasteiger partial charge >= 0.3 is 6.09 Å². The molecule has 0 aliphatic carbocycles. The van der Waals surface area contributed by atoms with E-state index >= 15 is 0 Å². The van der Waals surface area contributed by atoms with Crippen molar-refractivity contribution in [2.75, 3.05) is 6.61 Å². The van der Waals surface area contributed by atoms with Gasteiger partial charge in [0.1, 0.15) is 17.6 Å². The first-order valence-electron chi connectivity index (χ1n) is 6.20. The normalized spacial score (nSPS) is 24.8. The van der Waals surface area contributed by atoms with Crippen LogP contribution in [0.1, 0.15) is 41.5 Å². The third-order valence-electron chi connectivity index (χ3n) is 2.93. The minimum atomic E-state index is -0.746. The maximum atomic E-state index is 12.2. The van der Waals surface area contributed by atoms with Gasteiger partial charge in [-0.05, 0) is 34.6 Å². The molecule has 0 aromatic rings. The molecule has 0 radical (unpaired) electrons. The Bertz CT molecular complexity index is 332. The molecular formula is C13H23NO4. The van der Waals surface area contributed by atoms with E-state index in [9.17, 15) is 9.59 Å². The highest BCUT2D eigenvalue weighted by atomic mass is 16.6. The Hall–Kier alpha value is -1.10. The maximum Gasteiger partial charge on any atom is 0.412 e. The number of carbonyl (C=O) groups is 2. The number of carbonyl (C=O) groups excluding carboxylic acids is 2. The molecule has 2 atom stereocenters. The average molecular weight is 257 g/mol. The number of nitrogens with zero attached hydrogens (tertiary/aromatic N) is 1. The SMILES string of the molecule is C[C@H](C=O)[C@H]1COC(C)(C)N1C(=O)OC(C)(C)C. The van der Waals surface area contributed by atoms with Crippen molar-refractivity contribution in [2.45, 2.75) is 58.9 Å². The summed E-state index contributed by atoms with van der Waals surface area (Å²) >= 11 is 0. The van der Waals surface area contributed by atoms with E-state index in [1.807, 2.05) is 20.8 Å². The topological polar surface area (TPSA) is 55.8 Å². The summed E-state index contributed by atoms with van der Waals surface area (Å²) in [4.78, 5) is 24.7. The van der Waals surface area contributed by atoms with E-state index in [-0.39, 0.29) is 12.0 Å². The highest BCUT2D eigenvalue weighted by Crippen LogP contribution is 2.32. The fourth-order valence-electron chi connectivity index (χ4n) is 1.98. The molecule has 5 nitrogen and oxygen atoms in total. The molecule has 1 heterocycles. The van der Waals surface area contributed by atoms with Gasteiger partial charge in [-0.1, -0.05) is 6.92 Å². The van der Waals surface area contributed by atoms with Crippen LogP contribution in [-0.4, -0.2) is 41.3 Å². The zero-order valence-corrected chi connectivity index (χ0v) is 12.0.